The maximum atomic E-state index is 9.28. The van der Waals surface area contributed by atoms with Crippen molar-refractivity contribution in [3.8, 4) is 0 Å². The van der Waals surface area contributed by atoms with Gasteiger partial charge in [-0.2, -0.15) is 0 Å². The lowest BCUT2D eigenvalue weighted by molar-refractivity contribution is 0.0734. The molecule has 0 aliphatic rings. The highest BCUT2D eigenvalue weighted by Gasteiger charge is 2.22. The molecule has 90 valence electrons. The average molecular weight is 221 g/mol. The molecule has 0 spiro atoms. The van der Waals surface area contributed by atoms with Crippen LogP contribution in [0, 0.1) is 0 Å². The topological polar surface area (TPSA) is 23.5 Å². The van der Waals surface area contributed by atoms with Crippen molar-refractivity contribution in [3.63, 3.8) is 0 Å². The van der Waals surface area contributed by atoms with Crippen molar-refractivity contribution in [2.45, 2.75) is 39.3 Å². The van der Waals surface area contributed by atoms with Crippen LogP contribution in [0.15, 0.2) is 24.3 Å². The van der Waals surface area contributed by atoms with Crippen molar-refractivity contribution in [1.82, 2.24) is 4.90 Å². The number of aliphatic hydroxyl groups excluding tert-OH is 1. The van der Waals surface area contributed by atoms with Gasteiger partial charge in [0.05, 0.1) is 6.61 Å². The molecule has 0 aromatic heterocycles. The molecule has 0 aliphatic heterocycles. The van der Waals surface area contributed by atoms with Gasteiger partial charge in [0.15, 0.2) is 0 Å². The first kappa shape index (κ1) is 13.2. The summed E-state index contributed by atoms with van der Waals surface area (Å²) in [4.78, 5) is 2.17. The van der Waals surface area contributed by atoms with Gasteiger partial charge in [-0.05, 0) is 38.4 Å². The maximum absolute atomic E-state index is 9.28. The van der Waals surface area contributed by atoms with Crippen molar-refractivity contribution in [2.75, 3.05) is 13.7 Å². The fourth-order valence-corrected chi connectivity index (χ4v) is 1.49. The SMILES string of the molecule is CCc1ccc(CN(C)C(C)(C)CO)cc1. The van der Waals surface area contributed by atoms with E-state index in [1.165, 1.54) is 11.1 Å². The van der Waals surface area contributed by atoms with Crippen LogP contribution in [-0.4, -0.2) is 29.2 Å². The summed E-state index contributed by atoms with van der Waals surface area (Å²) in [6, 6.07) is 8.69. The molecule has 1 N–H and O–H groups in total. The third-order valence-electron chi connectivity index (χ3n) is 3.27. The van der Waals surface area contributed by atoms with Crippen LogP contribution in [0.25, 0.3) is 0 Å². The van der Waals surface area contributed by atoms with Gasteiger partial charge in [0.2, 0.25) is 0 Å². The Morgan fingerprint density at radius 3 is 2.06 bits per heavy atom. The first-order valence-electron chi connectivity index (χ1n) is 5.89. The van der Waals surface area contributed by atoms with Crippen LogP contribution < -0.4 is 0 Å². The zero-order valence-corrected chi connectivity index (χ0v) is 10.8. The summed E-state index contributed by atoms with van der Waals surface area (Å²) >= 11 is 0. The fourth-order valence-electron chi connectivity index (χ4n) is 1.49. The van der Waals surface area contributed by atoms with Crippen LogP contribution in [0.3, 0.4) is 0 Å². The summed E-state index contributed by atoms with van der Waals surface area (Å²) < 4.78 is 0. The summed E-state index contributed by atoms with van der Waals surface area (Å²) in [5, 5.41) is 9.28. The zero-order chi connectivity index (χ0) is 12.2. The molecule has 0 amide bonds. The molecular weight excluding hydrogens is 198 g/mol. The van der Waals surface area contributed by atoms with Crippen molar-refractivity contribution in [3.05, 3.63) is 35.4 Å². The van der Waals surface area contributed by atoms with Gasteiger partial charge in [-0.15, -0.1) is 0 Å². The van der Waals surface area contributed by atoms with Crippen LogP contribution in [0.5, 0.6) is 0 Å². The van der Waals surface area contributed by atoms with E-state index in [0.717, 1.165) is 13.0 Å². The van der Waals surface area contributed by atoms with E-state index in [9.17, 15) is 5.11 Å². The van der Waals surface area contributed by atoms with E-state index in [-0.39, 0.29) is 12.1 Å². The lowest BCUT2D eigenvalue weighted by Gasteiger charge is -2.33. The molecule has 0 heterocycles. The third kappa shape index (κ3) is 3.32. The largest absolute Gasteiger partial charge is 0.394 e. The third-order valence-corrected chi connectivity index (χ3v) is 3.27. The number of aryl methyl sites for hydroxylation is 1. The van der Waals surface area contributed by atoms with Crippen molar-refractivity contribution in [2.24, 2.45) is 0 Å². The van der Waals surface area contributed by atoms with Gasteiger partial charge < -0.3 is 5.11 Å². The van der Waals surface area contributed by atoms with Crippen molar-refractivity contribution in [1.29, 1.82) is 0 Å². The second-order valence-corrected chi connectivity index (χ2v) is 5.00. The molecule has 0 aliphatic carbocycles. The molecule has 0 bridgehead atoms. The quantitative estimate of drug-likeness (QED) is 0.825. The molecule has 0 fully saturated rings. The molecule has 0 saturated heterocycles. The van der Waals surface area contributed by atoms with E-state index in [2.05, 4.69) is 36.1 Å². The number of rotatable bonds is 5. The van der Waals surface area contributed by atoms with E-state index >= 15 is 0 Å². The van der Waals surface area contributed by atoms with Gasteiger partial charge in [0.25, 0.3) is 0 Å². The summed E-state index contributed by atoms with van der Waals surface area (Å²) in [7, 11) is 2.05. The van der Waals surface area contributed by atoms with Gasteiger partial charge >= 0.3 is 0 Å². The molecule has 1 aromatic rings. The van der Waals surface area contributed by atoms with E-state index in [4.69, 9.17) is 0 Å². The minimum absolute atomic E-state index is 0.163. The van der Waals surface area contributed by atoms with E-state index < -0.39 is 0 Å². The standard InChI is InChI=1S/C14H23NO/c1-5-12-6-8-13(9-7-12)10-15(4)14(2,3)11-16/h6-9,16H,5,10-11H2,1-4H3. The lowest BCUT2D eigenvalue weighted by Crippen LogP contribution is -2.43. The zero-order valence-electron chi connectivity index (χ0n) is 10.8. The Kier molecular flexibility index (Phi) is 4.51. The number of likely N-dealkylation sites (N-methyl/N-ethyl adjacent to an activating group) is 1. The summed E-state index contributed by atoms with van der Waals surface area (Å²) in [5.74, 6) is 0. The minimum Gasteiger partial charge on any atom is -0.394 e. The first-order chi connectivity index (χ1) is 7.49. The van der Waals surface area contributed by atoms with E-state index in [1.807, 2.05) is 20.9 Å². The number of nitrogens with zero attached hydrogens (tertiary/aromatic N) is 1. The molecule has 2 nitrogen and oxygen atoms in total. The Morgan fingerprint density at radius 1 is 1.12 bits per heavy atom. The minimum atomic E-state index is -0.163. The summed E-state index contributed by atoms with van der Waals surface area (Å²) in [6.45, 7) is 7.31. The molecule has 2 heteroatoms. The number of hydrogen-bond donors (Lipinski definition) is 1. The van der Waals surface area contributed by atoms with Gasteiger partial charge in [-0.3, -0.25) is 4.90 Å². The first-order valence-corrected chi connectivity index (χ1v) is 5.89. The Morgan fingerprint density at radius 2 is 1.62 bits per heavy atom. The molecule has 1 aromatic carbocycles. The lowest BCUT2D eigenvalue weighted by atomic mass is 10.0. The van der Waals surface area contributed by atoms with Crippen LogP contribution >= 0.6 is 0 Å². The molecule has 0 radical (unpaired) electrons. The normalized spacial score (nSPS) is 12.1. The monoisotopic (exact) mass is 221 g/mol. The maximum Gasteiger partial charge on any atom is 0.0610 e. The Labute approximate surface area is 98.9 Å². The van der Waals surface area contributed by atoms with Gasteiger partial charge in [-0.1, -0.05) is 31.2 Å². The van der Waals surface area contributed by atoms with Gasteiger partial charge in [-0.25, -0.2) is 0 Å². The highest BCUT2D eigenvalue weighted by Crippen LogP contribution is 2.15. The predicted octanol–water partition coefficient (Wildman–Crippen LogP) is 2.45. The highest BCUT2D eigenvalue weighted by atomic mass is 16.3. The van der Waals surface area contributed by atoms with Gasteiger partial charge in [0, 0.05) is 12.1 Å². The molecule has 16 heavy (non-hydrogen) atoms. The Hall–Kier alpha value is -0.860. The van der Waals surface area contributed by atoms with Crippen LogP contribution in [0.1, 0.15) is 31.9 Å². The summed E-state index contributed by atoms with van der Waals surface area (Å²) in [6.07, 6.45) is 1.08. The Balaban J connectivity index is 2.66. The molecule has 1 rings (SSSR count). The van der Waals surface area contributed by atoms with Crippen molar-refractivity contribution < 1.29 is 5.11 Å². The number of benzene rings is 1. The number of hydrogen-bond acceptors (Lipinski definition) is 2. The summed E-state index contributed by atoms with van der Waals surface area (Å²) in [5.41, 5.74) is 2.50. The van der Waals surface area contributed by atoms with Crippen LogP contribution in [0.4, 0.5) is 0 Å². The van der Waals surface area contributed by atoms with Gasteiger partial charge in [0.1, 0.15) is 0 Å². The molecule has 0 unspecified atom stereocenters. The number of aliphatic hydroxyl groups is 1. The molecule has 0 atom stereocenters. The smallest absolute Gasteiger partial charge is 0.0610 e. The second kappa shape index (κ2) is 5.46. The Bertz CT molecular complexity index is 316. The highest BCUT2D eigenvalue weighted by molar-refractivity contribution is 5.22. The molecular formula is C14H23NO. The van der Waals surface area contributed by atoms with Crippen LogP contribution in [0.2, 0.25) is 0 Å². The van der Waals surface area contributed by atoms with E-state index in [0.29, 0.717) is 0 Å². The fraction of sp³-hybridized carbons (Fsp3) is 0.571. The average Bonchev–Trinajstić information content (AvgIpc) is 2.30. The second-order valence-electron chi connectivity index (χ2n) is 5.00. The molecule has 0 saturated carbocycles. The predicted molar refractivity (Wildman–Crippen MR) is 68.5 cm³/mol. The van der Waals surface area contributed by atoms with Crippen molar-refractivity contribution >= 4 is 0 Å². The van der Waals surface area contributed by atoms with E-state index in [1.54, 1.807) is 0 Å². The van der Waals surface area contributed by atoms with Crippen LogP contribution in [-0.2, 0) is 13.0 Å².